The number of carbonyl (C=O) groups is 1. The molecule has 1 atom stereocenters. The Kier molecular flexibility index (Phi) is 2.43. The van der Waals surface area contributed by atoms with Gasteiger partial charge in [-0.25, -0.2) is 0 Å². The molecule has 1 aromatic rings. The number of fused-ring (bicyclic) bond motifs is 1. The first-order valence-electron chi connectivity index (χ1n) is 5.36. The quantitative estimate of drug-likeness (QED) is 0.757. The summed E-state index contributed by atoms with van der Waals surface area (Å²) in [6.07, 6.45) is 0.994. The fraction of sp³-hybridized carbons (Fsp3) is 0.385. The van der Waals surface area contributed by atoms with E-state index in [1.807, 2.05) is 31.2 Å². The Morgan fingerprint density at radius 3 is 2.81 bits per heavy atom. The van der Waals surface area contributed by atoms with Gasteiger partial charge in [-0.1, -0.05) is 18.2 Å². The lowest BCUT2D eigenvalue weighted by atomic mass is 9.80. The number of carbonyl (C=O) groups excluding carboxylic acids is 1. The maximum atomic E-state index is 12.2. The van der Waals surface area contributed by atoms with Crippen LogP contribution in [0.1, 0.15) is 25.3 Å². The second kappa shape index (κ2) is 3.64. The summed E-state index contributed by atoms with van der Waals surface area (Å²) in [6, 6.07) is 9.91. The minimum Gasteiger partial charge on any atom is -0.314 e. The van der Waals surface area contributed by atoms with Gasteiger partial charge in [0.05, 0.1) is 11.5 Å². The summed E-state index contributed by atoms with van der Waals surface area (Å²) in [5.41, 5.74) is 1.48. The Balaban J connectivity index is 2.48. The molecule has 1 heterocycles. The van der Waals surface area contributed by atoms with Gasteiger partial charge in [0.2, 0.25) is 5.91 Å². The maximum Gasteiger partial charge on any atom is 0.237 e. The van der Waals surface area contributed by atoms with Crippen LogP contribution < -0.4 is 4.90 Å². The molecule has 0 N–H and O–H groups in total. The largest absolute Gasteiger partial charge is 0.314 e. The Bertz CT molecular complexity index is 475. The van der Waals surface area contributed by atoms with Gasteiger partial charge in [0, 0.05) is 19.2 Å². The fourth-order valence-corrected chi connectivity index (χ4v) is 2.37. The standard InChI is InChI=1S/C13H14N2O/c1-13(8-5-9-14)10-6-3-4-7-11(10)15(2)12(13)16/h3-4,6-7H,5,8H2,1-2H3/t13-/m1/s1. The van der Waals surface area contributed by atoms with Crippen molar-refractivity contribution >= 4 is 11.6 Å². The van der Waals surface area contributed by atoms with Gasteiger partial charge in [0.1, 0.15) is 0 Å². The van der Waals surface area contributed by atoms with Crippen LogP contribution in [0.3, 0.4) is 0 Å². The van der Waals surface area contributed by atoms with Crippen LogP contribution in [-0.2, 0) is 10.2 Å². The van der Waals surface area contributed by atoms with E-state index in [9.17, 15) is 4.79 Å². The third-order valence-corrected chi connectivity index (χ3v) is 3.37. The van der Waals surface area contributed by atoms with E-state index in [1.54, 1.807) is 11.9 Å². The monoisotopic (exact) mass is 214 g/mol. The number of para-hydroxylation sites is 1. The first-order valence-corrected chi connectivity index (χ1v) is 5.36. The lowest BCUT2D eigenvalue weighted by Gasteiger charge is -2.21. The molecule has 82 valence electrons. The molecule has 1 aliphatic rings. The Labute approximate surface area is 95.3 Å². The van der Waals surface area contributed by atoms with E-state index in [1.165, 1.54) is 0 Å². The zero-order chi connectivity index (χ0) is 11.8. The number of anilines is 1. The summed E-state index contributed by atoms with van der Waals surface area (Å²) in [7, 11) is 1.79. The van der Waals surface area contributed by atoms with Crippen molar-refractivity contribution in [3.63, 3.8) is 0 Å². The minimum absolute atomic E-state index is 0.0870. The number of nitriles is 1. The first kappa shape index (κ1) is 10.7. The SMILES string of the molecule is CN1C(=O)[C@](C)(CCC#N)c2ccccc21. The summed E-state index contributed by atoms with van der Waals surface area (Å²) < 4.78 is 0. The zero-order valence-electron chi connectivity index (χ0n) is 9.53. The van der Waals surface area contributed by atoms with E-state index in [0.29, 0.717) is 12.8 Å². The lowest BCUT2D eigenvalue weighted by Crippen LogP contribution is -2.35. The van der Waals surface area contributed by atoms with Crippen molar-refractivity contribution in [2.75, 3.05) is 11.9 Å². The molecule has 3 heteroatoms. The van der Waals surface area contributed by atoms with Crippen molar-refractivity contribution in [2.45, 2.75) is 25.2 Å². The molecule has 1 amide bonds. The molecule has 0 saturated carbocycles. The number of hydrogen-bond donors (Lipinski definition) is 0. The summed E-state index contributed by atoms with van der Waals surface area (Å²) in [5.74, 6) is 0.0870. The van der Waals surface area contributed by atoms with E-state index >= 15 is 0 Å². The normalized spacial score (nSPS) is 23.1. The Hall–Kier alpha value is -1.82. The van der Waals surface area contributed by atoms with Crippen molar-refractivity contribution < 1.29 is 4.79 Å². The predicted octanol–water partition coefficient (Wildman–Crippen LogP) is 2.22. The molecule has 1 aliphatic heterocycles. The van der Waals surface area contributed by atoms with Crippen LogP contribution >= 0.6 is 0 Å². The summed E-state index contributed by atoms with van der Waals surface area (Å²) in [6.45, 7) is 1.93. The van der Waals surface area contributed by atoms with E-state index in [-0.39, 0.29) is 5.91 Å². The topological polar surface area (TPSA) is 44.1 Å². The van der Waals surface area contributed by atoms with Crippen LogP contribution in [0, 0.1) is 11.3 Å². The Morgan fingerprint density at radius 2 is 2.12 bits per heavy atom. The molecule has 1 aromatic carbocycles. The second-order valence-electron chi connectivity index (χ2n) is 4.37. The van der Waals surface area contributed by atoms with Gasteiger partial charge in [-0.3, -0.25) is 4.79 Å². The van der Waals surface area contributed by atoms with Crippen LogP contribution in [-0.4, -0.2) is 13.0 Å². The highest BCUT2D eigenvalue weighted by molar-refractivity contribution is 6.07. The molecule has 16 heavy (non-hydrogen) atoms. The third kappa shape index (κ3) is 1.30. The highest BCUT2D eigenvalue weighted by atomic mass is 16.2. The van der Waals surface area contributed by atoms with Crippen molar-refractivity contribution in [1.82, 2.24) is 0 Å². The summed E-state index contributed by atoms with van der Waals surface area (Å²) in [5, 5.41) is 8.67. The number of likely N-dealkylation sites (N-methyl/N-ethyl adjacent to an activating group) is 1. The van der Waals surface area contributed by atoms with Crippen LogP contribution in [0.5, 0.6) is 0 Å². The lowest BCUT2D eigenvalue weighted by molar-refractivity contribution is -0.122. The molecule has 0 saturated heterocycles. The van der Waals surface area contributed by atoms with Gasteiger partial charge >= 0.3 is 0 Å². The van der Waals surface area contributed by atoms with Crippen LogP contribution in [0.15, 0.2) is 24.3 Å². The smallest absolute Gasteiger partial charge is 0.237 e. The van der Waals surface area contributed by atoms with Gasteiger partial charge < -0.3 is 4.90 Å². The van der Waals surface area contributed by atoms with Crippen molar-refractivity contribution in [2.24, 2.45) is 0 Å². The molecule has 0 aliphatic carbocycles. The van der Waals surface area contributed by atoms with Crippen LogP contribution in [0.4, 0.5) is 5.69 Å². The molecular weight excluding hydrogens is 200 g/mol. The molecule has 0 aromatic heterocycles. The summed E-state index contributed by atoms with van der Waals surface area (Å²) >= 11 is 0. The van der Waals surface area contributed by atoms with E-state index < -0.39 is 5.41 Å². The number of rotatable bonds is 2. The number of amides is 1. The van der Waals surface area contributed by atoms with Gasteiger partial charge in [0.25, 0.3) is 0 Å². The van der Waals surface area contributed by atoms with Crippen LogP contribution in [0.25, 0.3) is 0 Å². The third-order valence-electron chi connectivity index (χ3n) is 3.37. The minimum atomic E-state index is -0.527. The van der Waals surface area contributed by atoms with Crippen molar-refractivity contribution in [1.29, 1.82) is 5.26 Å². The molecule has 3 nitrogen and oxygen atoms in total. The average molecular weight is 214 g/mol. The average Bonchev–Trinajstić information content (AvgIpc) is 2.51. The van der Waals surface area contributed by atoms with Gasteiger partial charge in [0.15, 0.2) is 0 Å². The fourth-order valence-electron chi connectivity index (χ4n) is 2.37. The van der Waals surface area contributed by atoms with E-state index in [2.05, 4.69) is 6.07 Å². The van der Waals surface area contributed by atoms with Gasteiger partial charge in [-0.2, -0.15) is 5.26 Å². The molecule has 0 bridgehead atoms. The number of hydrogen-bond acceptors (Lipinski definition) is 2. The van der Waals surface area contributed by atoms with Crippen LogP contribution in [0.2, 0.25) is 0 Å². The first-order chi connectivity index (χ1) is 7.61. The number of benzene rings is 1. The maximum absolute atomic E-state index is 12.2. The van der Waals surface area contributed by atoms with Crippen molar-refractivity contribution in [3.05, 3.63) is 29.8 Å². The zero-order valence-corrected chi connectivity index (χ0v) is 9.53. The van der Waals surface area contributed by atoms with Crippen molar-refractivity contribution in [3.8, 4) is 6.07 Å². The molecule has 0 fully saturated rings. The second-order valence-corrected chi connectivity index (χ2v) is 4.37. The highest BCUT2D eigenvalue weighted by Crippen LogP contribution is 2.43. The molecule has 0 unspecified atom stereocenters. The van der Waals surface area contributed by atoms with E-state index in [4.69, 9.17) is 5.26 Å². The highest BCUT2D eigenvalue weighted by Gasteiger charge is 2.45. The van der Waals surface area contributed by atoms with Gasteiger partial charge in [-0.05, 0) is 25.0 Å². The number of nitrogens with zero attached hydrogens (tertiary/aromatic N) is 2. The molecule has 0 spiro atoms. The predicted molar refractivity (Wildman–Crippen MR) is 62.1 cm³/mol. The van der Waals surface area contributed by atoms with E-state index in [0.717, 1.165) is 11.3 Å². The summed E-state index contributed by atoms with van der Waals surface area (Å²) in [4.78, 5) is 13.9. The Morgan fingerprint density at radius 1 is 1.44 bits per heavy atom. The molecular formula is C13H14N2O. The molecule has 2 rings (SSSR count). The molecule has 0 radical (unpaired) electrons. The van der Waals surface area contributed by atoms with Gasteiger partial charge in [-0.15, -0.1) is 0 Å².